The zero-order valence-corrected chi connectivity index (χ0v) is 14.8. The summed E-state index contributed by atoms with van der Waals surface area (Å²) < 4.78 is 11.7. The van der Waals surface area contributed by atoms with Gasteiger partial charge in [0.1, 0.15) is 6.10 Å². The molecule has 0 aromatic carbocycles. The summed E-state index contributed by atoms with van der Waals surface area (Å²) in [5.74, 6) is 0.664. The number of aliphatic imine (C=N–C) groups is 1. The second kappa shape index (κ2) is 6.92. The van der Waals surface area contributed by atoms with E-state index in [1.165, 1.54) is 0 Å². The lowest BCUT2D eigenvalue weighted by molar-refractivity contribution is 0.0236. The van der Waals surface area contributed by atoms with Gasteiger partial charge in [0.15, 0.2) is 0 Å². The maximum absolute atomic E-state index is 6.25. The maximum atomic E-state index is 6.25. The molecule has 3 aromatic rings. The van der Waals surface area contributed by atoms with Crippen molar-refractivity contribution in [2.75, 3.05) is 13.2 Å². The van der Waals surface area contributed by atoms with Crippen LogP contribution < -0.4 is 4.74 Å². The van der Waals surface area contributed by atoms with E-state index in [1.54, 1.807) is 18.6 Å². The molecule has 1 saturated heterocycles. The first-order valence-corrected chi connectivity index (χ1v) is 9.11. The highest BCUT2D eigenvalue weighted by Crippen LogP contribution is 2.31. The van der Waals surface area contributed by atoms with Gasteiger partial charge in [0.05, 0.1) is 42.9 Å². The summed E-state index contributed by atoms with van der Waals surface area (Å²) in [5.41, 5.74) is 5.85. The number of pyridine rings is 2. The van der Waals surface area contributed by atoms with Crippen LogP contribution in [-0.2, 0) is 11.3 Å². The fourth-order valence-electron chi connectivity index (χ4n) is 3.51. The predicted molar refractivity (Wildman–Crippen MR) is 99.9 cm³/mol. The van der Waals surface area contributed by atoms with Crippen LogP contribution in [0, 0.1) is 0 Å². The summed E-state index contributed by atoms with van der Waals surface area (Å²) in [5, 5.41) is 6.83. The van der Waals surface area contributed by atoms with E-state index in [4.69, 9.17) is 14.5 Å². The van der Waals surface area contributed by atoms with Gasteiger partial charge in [-0.1, -0.05) is 0 Å². The first-order valence-electron chi connectivity index (χ1n) is 9.11. The van der Waals surface area contributed by atoms with E-state index >= 15 is 0 Å². The molecule has 0 unspecified atom stereocenters. The Morgan fingerprint density at radius 2 is 1.96 bits per heavy atom. The highest BCUT2D eigenvalue weighted by molar-refractivity contribution is 6.16. The fourth-order valence-corrected chi connectivity index (χ4v) is 3.51. The van der Waals surface area contributed by atoms with Crippen molar-refractivity contribution < 1.29 is 9.47 Å². The molecular formula is C20H19N5O2. The molecule has 0 bridgehead atoms. The van der Waals surface area contributed by atoms with Crippen LogP contribution in [0.2, 0.25) is 0 Å². The van der Waals surface area contributed by atoms with Crippen LogP contribution in [0.25, 0.3) is 11.3 Å². The number of hydrogen-bond donors (Lipinski definition) is 1. The lowest BCUT2D eigenvalue weighted by Crippen LogP contribution is -2.27. The van der Waals surface area contributed by atoms with Gasteiger partial charge in [0.2, 0.25) is 5.88 Å². The van der Waals surface area contributed by atoms with Crippen LogP contribution >= 0.6 is 0 Å². The van der Waals surface area contributed by atoms with Crippen LogP contribution in [0.15, 0.2) is 48.0 Å². The number of ether oxygens (including phenoxy) is 2. The van der Waals surface area contributed by atoms with Crippen molar-refractivity contribution >= 4 is 5.71 Å². The number of H-pyrrole nitrogens is 1. The van der Waals surface area contributed by atoms with Crippen LogP contribution in [0.1, 0.15) is 29.5 Å². The molecule has 5 rings (SSSR count). The molecule has 2 aliphatic heterocycles. The average Bonchev–Trinajstić information content (AvgIpc) is 3.40. The Morgan fingerprint density at radius 1 is 1.07 bits per heavy atom. The first kappa shape index (κ1) is 16.1. The molecule has 0 saturated carbocycles. The lowest BCUT2D eigenvalue weighted by atomic mass is 10.0. The van der Waals surface area contributed by atoms with Crippen molar-refractivity contribution in [3.63, 3.8) is 0 Å². The summed E-state index contributed by atoms with van der Waals surface area (Å²) in [4.78, 5) is 13.7. The van der Waals surface area contributed by atoms with Crippen molar-refractivity contribution in [2.45, 2.75) is 25.5 Å². The van der Waals surface area contributed by atoms with Gasteiger partial charge in [-0.15, -0.1) is 0 Å². The number of rotatable bonds is 4. The van der Waals surface area contributed by atoms with Crippen LogP contribution in [-0.4, -0.2) is 45.2 Å². The highest BCUT2D eigenvalue weighted by atomic mass is 16.5. The number of aromatic nitrogens is 4. The van der Waals surface area contributed by atoms with Gasteiger partial charge >= 0.3 is 0 Å². The molecule has 2 aliphatic rings. The summed E-state index contributed by atoms with van der Waals surface area (Å²) in [6, 6.07) is 6.02. The van der Waals surface area contributed by atoms with Crippen molar-refractivity contribution in [1.29, 1.82) is 0 Å². The van der Waals surface area contributed by atoms with Gasteiger partial charge in [0.25, 0.3) is 0 Å². The minimum absolute atomic E-state index is 0.138. The molecule has 0 amide bonds. The molecule has 7 nitrogen and oxygen atoms in total. The van der Waals surface area contributed by atoms with E-state index in [1.807, 2.05) is 24.4 Å². The zero-order chi connectivity index (χ0) is 18.1. The molecule has 0 aliphatic carbocycles. The Labute approximate surface area is 156 Å². The molecule has 0 atom stereocenters. The van der Waals surface area contributed by atoms with Crippen LogP contribution in [0.4, 0.5) is 0 Å². The molecule has 0 radical (unpaired) electrons. The van der Waals surface area contributed by atoms with E-state index in [9.17, 15) is 0 Å². The van der Waals surface area contributed by atoms with Gasteiger partial charge in [-0.05, 0) is 23.8 Å². The van der Waals surface area contributed by atoms with Crippen molar-refractivity contribution in [2.24, 2.45) is 4.99 Å². The number of hydrogen-bond acceptors (Lipinski definition) is 6. The van der Waals surface area contributed by atoms with E-state index in [0.717, 1.165) is 59.7 Å². The predicted octanol–water partition coefficient (Wildman–Crippen LogP) is 2.78. The van der Waals surface area contributed by atoms with E-state index < -0.39 is 0 Å². The second-order valence-corrected chi connectivity index (χ2v) is 6.66. The third-order valence-corrected chi connectivity index (χ3v) is 4.92. The molecule has 3 aromatic heterocycles. The van der Waals surface area contributed by atoms with Crippen molar-refractivity contribution in [1.82, 2.24) is 20.2 Å². The van der Waals surface area contributed by atoms with Gasteiger partial charge in [0, 0.05) is 42.6 Å². The first-order chi connectivity index (χ1) is 13.4. The Balaban J connectivity index is 1.50. The SMILES string of the molecule is c1cc(C2=NCc3ccnc(OC4CCOCC4)c32)cc(-c2cn[nH]c2)n1. The van der Waals surface area contributed by atoms with E-state index in [-0.39, 0.29) is 6.10 Å². The number of nitrogens with one attached hydrogen (secondary N) is 1. The second-order valence-electron chi connectivity index (χ2n) is 6.66. The summed E-state index contributed by atoms with van der Waals surface area (Å²) >= 11 is 0. The average molecular weight is 361 g/mol. The molecule has 136 valence electrons. The Kier molecular flexibility index (Phi) is 4.14. The minimum atomic E-state index is 0.138. The van der Waals surface area contributed by atoms with Gasteiger partial charge in [-0.2, -0.15) is 5.10 Å². The molecule has 1 N–H and O–H groups in total. The van der Waals surface area contributed by atoms with Crippen LogP contribution in [0.3, 0.4) is 0 Å². The normalized spacial score (nSPS) is 16.8. The molecule has 5 heterocycles. The third kappa shape index (κ3) is 3.10. The summed E-state index contributed by atoms with van der Waals surface area (Å²) in [6.45, 7) is 2.11. The van der Waals surface area contributed by atoms with E-state index in [0.29, 0.717) is 12.4 Å². The Hall–Kier alpha value is -3.06. The third-order valence-electron chi connectivity index (χ3n) is 4.92. The number of nitrogens with zero attached hydrogens (tertiary/aromatic N) is 4. The van der Waals surface area contributed by atoms with Gasteiger partial charge in [-0.25, -0.2) is 4.98 Å². The van der Waals surface area contributed by atoms with Gasteiger partial charge < -0.3 is 9.47 Å². The molecule has 0 spiro atoms. The smallest absolute Gasteiger partial charge is 0.223 e. The van der Waals surface area contributed by atoms with Gasteiger partial charge in [-0.3, -0.25) is 15.1 Å². The van der Waals surface area contributed by atoms with Crippen LogP contribution in [0.5, 0.6) is 5.88 Å². The van der Waals surface area contributed by atoms with Crippen molar-refractivity contribution in [3.05, 3.63) is 59.7 Å². The van der Waals surface area contributed by atoms with Crippen molar-refractivity contribution in [3.8, 4) is 17.1 Å². The monoisotopic (exact) mass is 361 g/mol. The Bertz CT molecular complexity index is 978. The summed E-state index contributed by atoms with van der Waals surface area (Å²) in [6.07, 6.45) is 9.10. The fraction of sp³-hybridized carbons (Fsp3) is 0.300. The highest BCUT2D eigenvalue weighted by Gasteiger charge is 2.26. The van der Waals surface area contributed by atoms with E-state index in [2.05, 4.69) is 20.2 Å². The zero-order valence-electron chi connectivity index (χ0n) is 14.8. The molecule has 1 fully saturated rings. The quantitative estimate of drug-likeness (QED) is 0.772. The molecule has 27 heavy (non-hydrogen) atoms. The topological polar surface area (TPSA) is 85.3 Å². The largest absolute Gasteiger partial charge is 0.474 e. The maximum Gasteiger partial charge on any atom is 0.223 e. The minimum Gasteiger partial charge on any atom is -0.474 e. The molecule has 7 heteroatoms. The lowest BCUT2D eigenvalue weighted by Gasteiger charge is -2.24. The summed E-state index contributed by atoms with van der Waals surface area (Å²) in [7, 11) is 0. The standard InChI is InChI=1S/C20H19N5O2/c1-5-21-17(15-11-24-25-12-15)9-13(1)19-18-14(10-23-19)2-6-22-20(18)27-16-3-7-26-8-4-16/h1-2,5-6,9,11-12,16H,3-4,7-8,10H2,(H,24,25). The number of aromatic amines is 1. The number of fused-ring (bicyclic) bond motifs is 1. The Morgan fingerprint density at radius 3 is 2.81 bits per heavy atom. The molecular weight excluding hydrogens is 342 g/mol.